The van der Waals surface area contributed by atoms with E-state index in [2.05, 4.69) is 20.8 Å². The van der Waals surface area contributed by atoms with Gasteiger partial charge in [0.05, 0.1) is 22.6 Å². The number of hydrogen-bond donors (Lipinski definition) is 0. The average Bonchev–Trinajstić information content (AvgIpc) is 3.14. The van der Waals surface area contributed by atoms with Gasteiger partial charge in [0.25, 0.3) is 5.91 Å². The third-order valence-corrected chi connectivity index (χ3v) is 9.08. The first-order valence-corrected chi connectivity index (χ1v) is 13.9. The van der Waals surface area contributed by atoms with Gasteiger partial charge in [0, 0.05) is 23.7 Å². The number of carbonyl (C=O) groups is 2. The molecule has 1 fully saturated rings. The van der Waals surface area contributed by atoms with E-state index in [9.17, 15) is 18.0 Å². The van der Waals surface area contributed by atoms with Crippen LogP contribution in [0.4, 0.5) is 0 Å². The van der Waals surface area contributed by atoms with Crippen molar-refractivity contribution in [3.8, 4) is 0 Å². The van der Waals surface area contributed by atoms with Crippen molar-refractivity contribution >= 4 is 32.6 Å². The van der Waals surface area contributed by atoms with Crippen molar-refractivity contribution in [3.05, 3.63) is 41.1 Å². The van der Waals surface area contributed by atoms with E-state index in [0.717, 1.165) is 41.4 Å². The van der Waals surface area contributed by atoms with Gasteiger partial charge in [-0.3, -0.25) is 9.78 Å². The summed E-state index contributed by atoms with van der Waals surface area (Å²) in [5.74, 6) is -0.413. The van der Waals surface area contributed by atoms with E-state index in [0.29, 0.717) is 24.4 Å². The highest BCUT2D eigenvalue weighted by Gasteiger charge is 2.35. The number of aryl methyl sites for hydroxylation is 1. The first-order valence-electron chi connectivity index (χ1n) is 12.1. The molecule has 0 spiro atoms. The zero-order valence-corrected chi connectivity index (χ0v) is 21.3. The molecule has 1 aliphatic carbocycles. The molecule has 1 saturated heterocycles. The lowest BCUT2D eigenvalue weighted by Crippen LogP contribution is -2.43. The van der Waals surface area contributed by atoms with Crippen LogP contribution in [-0.4, -0.2) is 60.9 Å². The molecule has 7 nitrogen and oxygen atoms in total. The first kappa shape index (κ1) is 24.6. The van der Waals surface area contributed by atoms with Crippen LogP contribution in [0.15, 0.2) is 24.3 Å². The third kappa shape index (κ3) is 4.97. The summed E-state index contributed by atoms with van der Waals surface area (Å²) in [4.78, 5) is 32.7. The quantitative estimate of drug-likeness (QED) is 0.600. The highest BCUT2D eigenvalue weighted by molar-refractivity contribution is 7.91. The Labute approximate surface area is 201 Å². The van der Waals surface area contributed by atoms with Crippen molar-refractivity contribution in [2.24, 2.45) is 11.3 Å². The summed E-state index contributed by atoms with van der Waals surface area (Å²) in [6.45, 7) is 8.43. The van der Waals surface area contributed by atoms with Gasteiger partial charge in [0.2, 0.25) is 0 Å². The summed E-state index contributed by atoms with van der Waals surface area (Å²) < 4.78 is 29.3. The summed E-state index contributed by atoms with van der Waals surface area (Å²) in [6.07, 6.45) is 2.99. The molecule has 2 aliphatic rings. The summed E-state index contributed by atoms with van der Waals surface area (Å²) in [5.41, 5.74) is 3.22. The maximum atomic E-state index is 13.4. The van der Waals surface area contributed by atoms with Crippen molar-refractivity contribution in [2.75, 3.05) is 24.7 Å². The lowest BCUT2D eigenvalue weighted by atomic mass is 9.70. The van der Waals surface area contributed by atoms with Gasteiger partial charge in [-0.15, -0.1) is 0 Å². The second-order valence-electron chi connectivity index (χ2n) is 10.5. The van der Waals surface area contributed by atoms with Crippen LogP contribution in [0.5, 0.6) is 0 Å². The molecule has 0 radical (unpaired) electrons. The number of nitrogens with zero attached hydrogens (tertiary/aromatic N) is 2. The number of aromatic nitrogens is 1. The molecular formula is C26H34N2O5S. The van der Waals surface area contributed by atoms with E-state index in [4.69, 9.17) is 9.72 Å². The number of para-hydroxylation sites is 1. The first-order chi connectivity index (χ1) is 16.0. The monoisotopic (exact) mass is 486 g/mol. The Morgan fingerprint density at radius 1 is 1.18 bits per heavy atom. The Morgan fingerprint density at radius 2 is 1.91 bits per heavy atom. The molecule has 1 aliphatic heterocycles. The number of hydrogen-bond acceptors (Lipinski definition) is 6. The van der Waals surface area contributed by atoms with Gasteiger partial charge >= 0.3 is 5.97 Å². The fraction of sp³-hybridized carbons (Fsp3) is 0.577. The van der Waals surface area contributed by atoms with Crippen LogP contribution in [0.2, 0.25) is 0 Å². The minimum absolute atomic E-state index is 0.0305. The van der Waals surface area contributed by atoms with Crippen molar-refractivity contribution in [2.45, 2.75) is 59.4 Å². The highest BCUT2D eigenvalue weighted by atomic mass is 32.2. The number of sulfone groups is 1. The fourth-order valence-corrected chi connectivity index (χ4v) is 7.03. The van der Waals surface area contributed by atoms with E-state index in [1.807, 2.05) is 31.2 Å². The summed E-state index contributed by atoms with van der Waals surface area (Å²) in [7, 11) is -3.12. The topological polar surface area (TPSA) is 93.6 Å². The Balaban J connectivity index is 1.59. The van der Waals surface area contributed by atoms with Crippen molar-refractivity contribution in [1.82, 2.24) is 9.88 Å². The van der Waals surface area contributed by atoms with Crippen LogP contribution in [0.3, 0.4) is 0 Å². The van der Waals surface area contributed by atoms with Gasteiger partial charge in [0.1, 0.15) is 0 Å². The van der Waals surface area contributed by atoms with E-state index in [1.165, 1.54) is 4.90 Å². The van der Waals surface area contributed by atoms with Crippen LogP contribution in [-0.2, 0) is 32.2 Å². The van der Waals surface area contributed by atoms with Crippen LogP contribution in [0.1, 0.15) is 62.2 Å². The second kappa shape index (κ2) is 9.29. The number of esters is 1. The molecular weight excluding hydrogens is 452 g/mol. The molecule has 0 N–H and O–H groups in total. The van der Waals surface area contributed by atoms with Crippen molar-refractivity contribution in [3.63, 3.8) is 0 Å². The number of amides is 1. The zero-order chi connectivity index (χ0) is 24.7. The van der Waals surface area contributed by atoms with Crippen molar-refractivity contribution in [1.29, 1.82) is 0 Å². The predicted octanol–water partition coefficient (Wildman–Crippen LogP) is 3.58. The fourth-order valence-electron chi connectivity index (χ4n) is 5.30. The van der Waals surface area contributed by atoms with E-state index < -0.39 is 22.4 Å². The van der Waals surface area contributed by atoms with Crippen LogP contribution >= 0.6 is 0 Å². The van der Waals surface area contributed by atoms with Crippen molar-refractivity contribution < 1.29 is 22.7 Å². The van der Waals surface area contributed by atoms with Gasteiger partial charge in [-0.1, -0.05) is 39.0 Å². The molecule has 0 unspecified atom stereocenters. The molecule has 2 heterocycles. The number of ether oxygens (including phenoxy) is 1. The van der Waals surface area contributed by atoms with E-state index >= 15 is 0 Å². The largest absolute Gasteiger partial charge is 0.452 e. The van der Waals surface area contributed by atoms with E-state index in [1.54, 1.807) is 0 Å². The maximum Gasteiger partial charge on any atom is 0.339 e. The molecule has 8 heteroatoms. The number of fused-ring (bicyclic) bond motifs is 2. The third-order valence-electron chi connectivity index (χ3n) is 7.32. The summed E-state index contributed by atoms with van der Waals surface area (Å²) >= 11 is 0. The summed E-state index contributed by atoms with van der Waals surface area (Å²) in [6, 6.07) is 7.19. The van der Waals surface area contributed by atoms with Gasteiger partial charge in [-0.2, -0.15) is 0 Å². The van der Waals surface area contributed by atoms with Gasteiger partial charge in [-0.25, -0.2) is 13.2 Å². The molecule has 0 saturated carbocycles. The second-order valence-corrected chi connectivity index (χ2v) is 12.8. The molecule has 2 atom stereocenters. The number of carbonyl (C=O) groups excluding carboxylic acids is 2. The Kier molecular flexibility index (Phi) is 6.73. The standard InChI is InChI=1S/C26H34N2O5S/c1-5-28(18-12-13-34(31,32)16-18)23(29)15-33-25(30)24-19-8-6-7-9-21(19)27-22-11-10-17(14-20(22)24)26(2,3)4/h6-9,17-18H,5,10-16H2,1-4H3/t17-,18-/m1/s1. The van der Waals surface area contributed by atoms with Gasteiger partial charge in [-0.05, 0) is 55.6 Å². The molecule has 34 heavy (non-hydrogen) atoms. The Morgan fingerprint density at radius 3 is 2.56 bits per heavy atom. The van der Waals surface area contributed by atoms with Crippen LogP contribution in [0.25, 0.3) is 10.9 Å². The highest BCUT2D eigenvalue weighted by Crippen LogP contribution is 2.39. The zero-order valence-electron chi connectivity index (χ0n) is 20.5. The summed E-state index contributed by atoms with van der Waals surface area (Å²) in [5, 5.41) is 0.738. The minimum atomic E-state index is -3.12. The lowest BCUT2D eigenvalue weighted by molar-refractivity contribution is -0.136. The number of pyridine rings is 1. The number of benzene rings is 1. The SMILES string of the molecule is CCN(C(=O)COC(=O)c1c2c(nc3ccccc13)CC[C@@H](C(C)(C)C)C2)[C@@H]1CCS(=O)(=O)C1. The molecule has 0 bridgehead atoms. The molecule has 1 aromatic heterocycles. The maximum absolute atomic E-state index is 13.4. The lowest BCUT2D eigenvalue weighted by Gasteiger charge is -2.35. The smallest absolute Gasteiger partial charge is 0.339 e. The molecule has 2 aromatic rings. The minimum Gasteiger partial charge on any atom is -0.452 e. The van der Waals surface area contributed by atoms with E-state index in [-0.39, 0.29) is 28.9 Å². The number of rotatable bonds is 5. The molecule has 4 rings (SSSR count). The number of likely N-dealkylation sites (N-methyl/N-ethyl adjacent to an activating group) is 1. The van der Waals surface area contributed by atoms with Gasteiger partial charge < -0.3 is 9.64 Å². The van der Waals surface area contributed by atoms with Crippen LogP contribution < -0.4 is 0 Å². The molecule has 1 aromatic carbocycles. The average molecular weight is 487 g/mol. The Bertz CT molecular complexity index is 1220. The van der Waals surface area contributed by atoms with Crippen LogP contribution in [0, 0.1) is 11.3 Å². The molecule has 184 valence electrons. The Hall–Kier alpha value is -2.48. The van der Waals surface area contributed by atoms with Gasteiger partial charge in [0.15, 0.2) is 16.4 Å². The molecule has 1 amide bonds. The predicted molar refractivity (Wildman–Crippen MR) is 131 cm³/mol. The normalized spacial score (nSPS) is 21.8.